The fourth-order valence-corrected chi connectivity index (χ4v) is 5.49. The van der Waals surface area contributed by atoms with Crippen molar-refractivity contribution in [2.24, 2.45) is 4.99 Å². The Morgan fingerprint density at radius 3 is 2.65 bits per heavy atom. The molecule has 0 bridgehead atoms. The van der Waals surface area contributed by atoms with Gasteiger partial charge in [0.1, 0.15) is 12.6 Å². The minimum absolute atomic E-state index is 0.0197. The number of carbonyl (C=O) groups excluding carboxylic acids is 1. The molecule has 1 atom stereocenters. The highest BCUT2D eigenvalue weighted by molar-refractivity contribution is 7.07. The number of benzene rings is 2. The molecule has 1 aromatic heterocycles. The molecule has 1 aliphatic heterocycles. The predicted molar refractivity (Wildman–Crippen MR) is 149 cm³/mol. The van der Waals surface area contributed by atoms with Gasteiger partial charge in [0.2, 0.25) is 0 Å². The second-order valence-electron chi connectivity index (χ2n) is 8.83. The van der Waals surface area contributed by atoms with Gasteiger partial charge in [-0.1, -0.05) is 35.6 Å². The fourth-order valence-electron chi connectivity index (χ4n) is 4.44. The molecule has 11 nitrogen and oxygen atoms in total. The molecule has 0 radical (unpaired) electrons. The average Bonchev–Trinajstić information content (AvgIpc) is 3.23. The van der Waals surface area contributed by atoms with Gasteiger partial charge in [0, 0.05) is 24.3 Å². The monoisotopic (exact) mass is 567 g/mol. The van der Waals surface area contributed by atoms with Gasteiger partial charge in [0.25, 0.3) is 11.2 Å². The molecule has 3 aromatic rings. The molecule has 0 unspecified atom stereocenters. The number of nitro groups is 1. The first kappa shape index (κ1) is 28.7. The number of rotatable bonds is 10. The summed E-state index contributed by atoms with van der Waals surface area (Å²) in [5, 5.41) is 11.5. The Labute approximate surface area is 233 Å². The molecule has 0 spiro atoms. The second-order valence-corrected chi connectivity index (χ2v) is 9.83. The molecule has 2 heterocycles. The summed E-state index contributed by atoms with van der Waals surface area (Å²) in [5.41, 5.74) is 1.62. The van der Waals surface area contributed by atoms with Crippen LogP contribution in [0.5, 0.6) is 11.5 Å². The van der Waals surface area contributed by atoms with E-state index in [2.05, 4.69) is 4.99 Å². The van der Waals surface area contributed by atoms with Crippen LogP contribution >= 0.6 is 11.3 Å². The molecule has 40 heavy (non-hydrogen) atoms. The van der Waals surface area contributed by atoms with Gasteiger partial charge >= 0.3 is 5.97 Å². The summed E-state index contributed by atoms with van der Waals surface area (Å²) in [6.45, 7) is 5.69. The summed E-state index contributed by atoms with van der Waals surface area (Å²) in [4.78, 5) is 43.3. The van der Waals surface area contributed by atoms with Gasteiger partial charge in [-0.3, -0.25) is 19.5 Å². The van der Waals surface area contributed by atoms with Crippen molar-refractivity contribution >= 4 is 29.1 Å². The minimum Gasteiger partial charge on any atom is -0.493 e. The Hall–Kier alpha value is -4.29. The van der Waals surface area contributed by atoms with E-state index in [0.717, 1.165) is 11.3 Å². The minimum atomic E-state index is -0.933. The van der Waals surface area contributed by atoms with Crippen molar-refractivity contribution in [3.8, 4) is 11.5 Å². The maximum Gasteiger partial charge on any atom is 0.338 e. The molecule has 0 amide bonds. The quantitative estimate of drug-likeness (QED) is 0.158. The van der Waals surface area contributed by atoms with Crippen LogP contribution < -0.4 is 24.4 Å². The number of aryl methyl sites for hydroxylation is 1. The molecular formula is C28H29N3O8S. The number of fused-ring (bicyclic) bond motifs is 1. The van der Waals surface area contributed by atoms with E-state index in [0.29, 0.717) is 49.8 Å². The van der Waals surface area contributed by atoms with Crippen molar-refractivity contribution in [1.82, 2.24) is 4.57 Å². The van der Waals surface area contributed by atoms with Gasteiger partial charge in [-0.2, -0.15) is 0 Å². The van der Waals surface area contributed by atoms with E-state index in [1.807, 2.05) is 6.92 Å². The molecule has 4 rings (SSSR count). The van der Waals surface area contributed by atoms with Crippen LogP contribution in [0.2, 0.25) is 0 Å². The van der Waals surface area contributed by atoms with E-state index >= 15 is 0 Å². The highest BCUT2D eigenvalue weighted by atomic mass is 32.1. The highest BCUT2D eigenvalue weighted by Crippen LogP contribution is 2.40. The SMILES string of the molecule is CCOc1c(OC)cccc1[C@H]1C(C(=O)OCCOC)=C(C)N=c2s/c(=C/c3ccc(C)c([N+](=O)[O-])c3)c(=O)n21. The van der Waals surface area contributed by atoms with Crippen molar-refractivity contribution in [3.63, 3.8) is 0 Å². The zero-order valence-corrected chi connectivity index (χ0v) is 23.6. The van der Waals surface area contributed by atoms with E-state index in [1.165, 1.54) is 24.9 Å². The summed E-state index contributed by atoms with van der Waals surface area (Å²) in [6.07, 6.45) is 1.58. The maximum atomic E-state index is 13.9. The molecule has 0 aliphatic carbocycles. The molecule has 0 N–H and O–H groups in total. The van der Waals surface area contributed by atoms with Gasteiger partial charge < -0.3 is 18.9 Å². The van der Waals surface area contributed by atoms with Crippen LogP contribution in [0.3, 0.4) is 0 Å². The molecule has 0 saturated carbocycles. The smallest absolute Gasteiger partial charge is 0.338 e. The number of nitro benzene ring substituents is 1. The van der Waals surface area contributed by atoms with Gasteiger partial charge in [-0.05, 0) is 38.5 Å². The zero-order chi connectivity index (χ0) is 29.0. The number of aromatic nitrogens is 1. The van der Waals surface area contributed by atoms with E-state index < -0.39 is 22.5 Å². The van der Waals surface area contributed by atoms with E-state index in [-0.39, 0.29) is 24.5 Å². The number of nitrogens with zero attached hydrogens (tertiary/aromatic N) is 3. The van der Waals surface area contributed by atoms with Crippen molar-refractivity contribution in [1.29, 1.82) is 0 Å². The summed E-state index contributed by atoms with van der Waals surface area (Å²) in [5.74, 6) is 0.185. The molecule has 2 aromatic carbocycles. The van der Waals surface area contributed by atoms with Gasteiger partial charge in [-0.25, -0.2) is 9.79 Å². The lowest BCUT2D eigenvalue weighted by atomic mass is 9.94. The fraction of sp³-hybridized carbons (Fsp3) is 0.321. The normalized spacial score (nSPS) is 14.9. The third kappa shape index (κ3) is 5.54. The van der Waals surface area contributed by atoms with Crippen LogP contribution in [-0.2, 0) is 14.3 Å². The summed E-state index contributed by atoms with van der Waals surface area (Å²) in [6, 6.07) is 9.07. The zero-order valence-electron chi connectivity index (χ0n) is 22.8. The Morgan fingerprint density at radius 1 is 1.20 bits per heavy atom. The third-order valence-electron chi connectivity index (χ3n) is 6.30. The maximum absolute atomic E-state index is 13.9. The molecule has 12 heteroatoms. The van der Waals surface area contributed by atoms with Crippen molar-refractivity contribution < 1.29 is 28.7 Å². The number of hydrogen-bond donors (Lipinski definition) is 0. The van der Waals surface area contributed by atoms with Crippen LogP contribution in [0, 0.1) is 17.0 Å². The van der Waals surface area contributed by atoms with Crippen molar-refractivity contribution in [2.45, 2.75) is 26.8 Å². The predicted octanol–water partition coefficient (Wildman–Crippen LogP) is 3.05. The van der Waals surface area contributed by atoms with Crippen LogP contribution in [-0.4, -0.2) is 49.5 Å². The number of para-hydroxylation sites is 1. The van der Waals surface area contributed by atoms with Crippen LogP contribution in [0.25, 0.3) is 6.08 Å². The van der Waals surface area contributed by atoms with Crippen molar-refractivity contribution in [3.05, 3.63) is 94.2 Å². The van der Waals surface area contributed by atoms with Crippen LogP contribution in [0.1, 0.15) is 36.6 Å². The first-order chi connectivity index (χ1) is 19.2. The second kappa shape index (κ2) is 12.3. The first-order valence-corrected chi connectivity index (χ1v) is 13.3. The topological polar surface area (TPSA) is 131 Å². The first-order valence-electron chi connectivity index (χ1n) is 12.4. The van der Waals surface area contributed by atoms with Crippen molar-refractivity contribution in [2.75, 3.05) is 34.0 Å². The Kier molecular flexibility index (Phi) is 8.80. The number of thiazole rings is 1. The molecule has 210 valence electrons. The lowest BCUT2D eigenvalue weighted by Crippen LogP contribution is -2.40. The summed E-state index contributed by atoms with van der Waals surface area (Å²) in [7, 11) is 3.01. The highest BCUT2D eigenvalue weighted by Gasteiger charge is 2.36. The van der Waals surface area contributed by atoms with Gasteiger partial charge in [0.15, 0.2) is 16.3 Å². The number of carbonyl (C=O) groups is 1. The summed E-state index contributed by atoms with van der Waals surface area (Å²) >= 11 is 1.12. The standard InChI is InChI=1S/C28H29N3O8S/c1-6-38-25-19(8-7-9-21(25)37-5)24-23(27(33)39-13-12-36-4)17(3)29-28-30(24)26(32)22(40-28)15-18-11-10-16(2)20(14-18)31(34)35/h7-11,14-15,24H,6,12-13H2,1-5H3/b22-15+/t24-/m0/s1. The Balaban J connectivity index is 1.97. The molecule has 1 aliphatic rings. The summed E-state index contributed by atoms with van der Waals surface area (Å²) < 4.78 is 23.7. The third-order valence-corrected chi connectivity index (χ3v) is 7.29. The molecule has 0 saturated heterocycles. The lowest BCUT2D eigenvalue weighted by Gasteiger charge is -2.27. The van der Waals surface area contributed by atoms with Crippen LogP contribution in [0.4, 0.5) is 5.69 Å². The van der Waals surface area contributed by atoms with E-state index in [1.54, 1.807) is 50.3 Å². The Bertz CT molecular complexity index is 1670. The van der Waals surface area contributed by atoms with Gasteiger partial charge in [0.05, 0.1) is 41.0 Å². The number of ether oxygens (including phenoxy) is 4. The van der Waals surface area contributed by atoms with E-state index in [4.69, 9.17) is 18.9 Å². The number of methoxy groups -OCH3 is 2. The number of allylic oxidation sites excluding steroid dienone is 1. The molecule has 0 fully saturated rings. The lowest BCUT2D eigenvalue weighted by molar-refractivity contribution is -0.385. The Morgan fingerprint density at radius 2 is 1.98 bits per heavy atom. The van der Waals surface area contributed by atoms with E-state index in [9.17, 15) is 19.7 Å². The average molecular weight is 568 g/mol. The van der Waals surface area contributed by atoms with Crippen LogP contribution in [0.15, 0.2) is 57.5 Å². The van der Waals surface area contributed by atoms with Gasteiger partial charge in [-0.15, -0.1) is 0 Å². The number of esters is 1. The number of hydrogen-bond acceptors (Lipinski definition) is 10. The molecular weight excluding hydrogens is 538 g/mol. The largest absolute Gasteiger partial charge is 0.493 e.